The van der Waals surface area contributed by atoms with Crippen molar-refractivity contribution in [2.75, 3.05) is 23.0 Å². The van der Waals surface area contributed by atoms with Crippen molar-refractivity contribution in [3.05, 3.63) is 78.5 Å². The predicted octanol–water partition coefficient (Wildman–Crippen LogP) is 3.01. The van der Waals surface area contributed by atoms with Crippen LogP contribution in [0.2, 0.25) is 0 Å². The number of ether oxygens (including phenoxy) is 1. The Morgan fingerprint density at radius 1 is 1.06 bits per heavy atom. The monoisotopic (exact) mass is 450 g/mol. The summed E-state index contributed by atoms with van der Waals surface area (Å²) >= 11 is 0. The van der Waals surface area contributed by atoms with Crippen LogP contribution < -0.4 is 4.90 Å². The minimum Gasteiger partial charge on any atom is -0.452 e. The molecule has 0 bridgehead atoms. The number of benzene rings is 2. The Hall–Kier alpha value is -3.52. The first-order valence-corrected chi connectivity index (χ1v) is 12.0. The van der Waals surface area contributed by atoms with Crippen LogP contribution in [0.15, 0.2) is 72.9 Å². The molecule has 7 nitrogen and oxygen atoms in total. The van der Waals surface area contributed by atoms with Gasteiger partial charge in [0, 0.05) is 28.9 Å². The van der Waals surface area contributed by atoms with E-state index in [1.165, 1.54) is 11.0 Å². The van der Waals surface area contributed by atoms with Gasteiger partial charge in [-0.25, -0.2) is 13.2 Å². The molecule has 1 saturated heterocycles. The van der Waals surface area contributed by atoms with Gasteiger partial charge in [0.25, 0.3) is 5.91 Å². The lowest BCUT2D eigenvalue weighted by molar-refractivity contribution is -0.143. The quantitative estimate of drug-likeness (QED) is 0.423. The highest BCUT2D eigenvalue weighted by Gasteiger charge is 2.35. The summed E-state index contributed by atoms with van der Waals surface area (Å²) in [4.78, 5) is 30.9. The van der Waals surface area contributed by atoms with Crippen molar-refractivity contribution < 1.29 is 22.7 Å². The summed E-state index contributed by atoms with van der Waals surface area (Å²) in [5, 5.41) is 0.947. The van der Waals surface area contributed by atoms with E-state index in [9.17, 15) is 18.0 Å². The molecule has 1 atom stereocenters. The van der Waals surface area contributed by atoms with Crippen LogP contribution >= 0.6 is 0 Å². The molecule has 1 unspecified atom stereocenters. The molecule has 0 saturated carbocycles. The summed E-state index contributed by atoms with van der Waals surface area (Å²) < 4.78 is 29.0. The number of pyridine rings is 1. The van der Waals surface area contributed by atoms with E-state index in [1.54, 1.807) is 36.5 Å². The molecule has 2 heterocycles. The van der Waals surface area contributed by atoms with Crippen molar-refractivity contribution in [3.8, 4) is 0 Å². The van der Waals surface area contributed by atoms with Crippen LogP contribution in [0.1, 0.15) is 12.0 Å². The second-order valence-electron chi connectivity index (χ2n) is 7.52. The molecule has 1 fully saturated rings. The summed E-state index contributed by atoms with van der Waals surface area (Å²) in [6.07, 6.45) is 4.88. The highest BCUT2D eigenvalue weighted by Crippen LogP contribution is 2.24. The van der Waals surface area contributed by atoms with Gasteiger partial charge in [0.05, 0.1) is 23.1 Å². The number of carbonyl (C=O) groups excluding carboxylic acids is 2. The Labute approximate surface area is 186 Å². The highest BCUT2D eigenvalue weighted by atomic mass is 32.2. The summed E-state index contributed by atoms with van der Waals surface area (Å²) in [7, 11) is -3.19. The fraction of sp³-hybridized carbons (Fsp3) is 0.208. The van der Waals surface area contributed by atoms with Gasteiger partial charge in [-0.2, -0.15) is 0 Å². The number of aromatic nitrogens is 1. The minimum atomic E-state index is -3.19. The maximum atomic E-state index is 12.9. The van der Waals surface area contributed by atoms with Gasteiger partial charge in [0.15, 0.2) is 16.4 Å². The molecule has 1 aliphatic heterocycles. The number of hydrogen-bond donors (Lipinski definition) is 0. The van der Waals surface area contributed by atoms with E-state index >= 15 is 0 Å². The Kier molecular flexibility index (Phi) is 6.32. The van der Waals surface area contributed by atoms with Crippen LogP contribution in [0.5, 0.6) is 0 Å². The largest absolute Gasteiger partial charge is 0.452 e. The molecular weight excluding hydrogens is 428 g/mol. The molecule has 1 amide bonds. The summed E-state index contributed by atoms with van der Waals surface area (Å²) in [5.41, 5.74) is 2.09. The highest BCUT2D eigenvalue weighted by molar-refractivity contribution is 7.91. The average molecular weight is 451 g/mol. The van der Waals surface area contributed by atoms with Crippen molar-refractivity contribution >= 4 is 44.4 Å². The topological polar surface area (TPSA) is 93.6 Å². The third kappa shape index (κ3) is 5.03. The summed E-state index contributed by atoms with van der Waals surface area (Å²) in [5.74, 6) is -1.20. The van der Waals surface area contributed by atoms with Gasteiger partial charge in [0.2, 0.25) is 0 Å². The van der Waals surface area contributed by atoms with Crippen molar-refractivity contribution in [2.24, 2.45) is 0 Å². The first kappa shape index (κ1) is 21.7. The second-order valence-corrected chi connectivity index (χ2v) is 9.75. The minimum absolute atomic E-state index is 0.0376. The first-order chi connectivity index (χ1) is 15.4. The number of nitrogens with zero attached hydrogens (tertiary/aromatic N) is 2. The van der Waals surface area contributed by atoms with Crippen molar-refractivity contribution in [3.63, 3.8) is 0 Å². The molecule has 0 radical (unpaired) electrons. The Morgan fingerprint density at radius 2 is 1.84 bits per heavy atom. The third-order valence-electron chi connectivity index (χ3n) is 5.28. The van der Waals surface area contributed by atoms with E-state index in [4.69, 9.17) is 4.74 Å². The van der Waals surface area contributed by atoms with Gasteiger partial charge in [-0.05, 0) is 30.7 Å². The molecule has 2 aromatic carbocycles. The number of para-hydroxylation sites is 2. The van der Waals surface area contributed by atoms with E-state index in [0.29, 0.717) is 12.1 Å². The zero-order chi connectivity index (χ0) is 22.6. The molecule has 8 heteroatoms. The molecule has 1 aliphatic rings. The molecule has 4 rings (SSSR count). The smallest absolute Gasteiger partial charge is 0.331 e. The third-order valence-corrected chi connectivity index (χ3v) is 7.03. The number of sulfone groups is 1. The standard InChI is InChI=1S/C24H22N2O5S/c27-22(26(20-9-2-1-3-10-20)21-13-15-32(29,30)17-21)16-31-23(28)12-11-19-7-4-6-18-8-5-14-25-24(18)19/h1-12,14,21H,13,15-17H2/b12-11+. The summed E-state index contributed by atoms with van der Waals surface area (Å²) in [6, 6.07) is 17.7. The first-order valence-electron chi connectivity index (χ1n) is 10.2. The lowest BCUT2D eigenvalue weighted by Crippen LogP contribution is -2.43. The van der Waals surface area contributed by atoms with E-state index in [1.807, 2.05) is 36.4 Å². The van der Waals surface area contributed by atoms with Crippen LogP contribution in [0.3, 0.4) is 0 Å². The molecule has 164 valence electrons. The molecule has 0 aliphatic carbocycles. The van der Waals surface area contributed by atoms with Crippen LogP contribution in [0.4, 0.5) is 5.69 Å². The number of hydrogen-bond acceptors (Lipinski definition) is 6. The van der Waals surface area contributed by atoms with E-state index < -0.39 is 34.4 Å². The van der Waals surface area contributed by atoms with E-state index in [-0.39, 0.29) is 11.5 Å². The molecular formula is C24H22N2O5S. The predicted molar refractivity (Wildman–Crippen MR) is 123 cm³/mol. The second kappa shape index (κ2) is 9.32. The van der Waals surface area contributed by atoms with Crippen LogP contribution in [0.25, 0.3) is 17.0 Å². The van der Waals surface area contributed by atoms with E-state index in [2.05, 4.69) is 4.98 Å². The molecule has 32 heavy (non-hydrogen) atoms. The number of esters is 1. The van der Waals surface area contributed by atoms with Crippen molar-refractivity contribution in [2.45, 2.75) is 12.5 Å². The molecule has 0 N–H and O–H groups in total. The average Bonchev–Trinajstić information content (AvgIpc) is 3.16. The SMILES string of the molecule is O=C(/C=C/c1cccc2cccnc12)OCC(=O)N(c1ccccc1)C1CCS(=O)(=O)C1. The normalized spacial score (nSPS) is 17.4. The van der Waals surface area contributed by atoms with Gasteiger partial charge in [-0.3, -0.25) is 9.78 Å². The van der Waals surface area contributed by atoms with Gasteiger partial charge >= 0.3 is 5.97 Å². The van der Waals surface area contributed by atoms with E-state index in [0.717, 1.165) is 16.5 Å². The van der Waals surface area contributed by atoms with Gasteiger partial charge < -0.3 is 9.64 Å². The maximum Gasteiger partial charge on any atom is 0.331 e. The number of anilines is 1. The number of rotatable bonds is 6. The Morgan fingerprint density at radius 3 is 2.59 bits per heavy atom. The number of fused-ring (bicyclic) bond motifs is 1. The lowest BCUT2D eigenvalue weighted by Gasteiger charge is -2.28. The van der Waals surface area contributed by atoms with Crippen LogP contribution in [0, 0.1) is 0 Å². The van der Waals surface area contributed by atoms with Crippen molar-refractivity contribution in [1.82, 2.24) is 4.98 Å². The van der Waals surface area contributed by atoms with Crippen LogP contribution in [-0.4, -0.2) is 49.4 Å². The molecule has 0 spiro atoms. The summed E-state index contributed by atoms with van der Waals surface area (Å²) in [6.45, 7) is -0.484. The lowest BCUT2D eigenvalue weighted by atomic mass is 10.1. The van der Waals surface area contributed by atoms with Crippen LogP contribution in [-0.2, 0) is 24.2 Å². The fourth-order valence-corrected chi connectivity index (χ4v) is 5.50. The molecule has 3 aromatic rings. The van der Waals surface area contributed by atoms with Crippen molar-refractivity contribution in [1.29, 1.82) is 0 Å². The Bertz CT molecular complexity index is 1270. The fourth-order valence-electron chi connectivity index (χ4n) is 3.80. The van der Waals surface area contributed by atoms with Gasteiger partial charge in [0.1, 0.15) is 0 Å². The van der Waals surface area contributed by atoms with Gasteiger partial charge in [-0.15, -0.1) is 0 Å². The van der Waals surface area contributed by atoms with Gasteiger partial charge in [-0.1, -0.05) is 42.5 Å². The zero-order valence-corrected chi connectivity index (χ0v) is 18.1. The maximum absolute atomic E-state index is 12.9. The number of carbonyl (C=O) groups is 2. The Balaban J connectivity index is 1.44. The number of amides is 1. The zero-order valence-electron chi connectivity index (χ0n) is 17.3. The molecule has 1 aromatic heterocycles.